The number of nitrogens with zero attached hydrogens (tertiary/aromatic N) is 4. The highest BCUT2D eigenvalue weighted by Gasteiger charge is 2.25. The number of nitrogens with two attached hydrogens (primary N) is 1. The van der Waals surface area contributed by atoms with Gasteiger partial charge in [0, 0.05) is 12.6 Å². The van der Waals surface area contributed by atoms with E-state index in [9.17, 15) is 0 Å². The Hall–Kier alpha value is -2.64. The first-order valence-electron chi connectivity index (χ1n) is 7.96. The lowest BCUT2D eigenvalue weighted by molar-refractivity contribution is 0.0343. The molecule has 1 aromatic carbocycles. The highest BCUT2D eigenvalue weighted by molar-refractivity contribution is 6.29. The van der Waals surface area contributed by atoms with Gasteiger partial charge in [0.1, 0.15) is 22.9 Å². The zero-order valence-electron chi connectivity index (χ0n) is 13.4. The van der Waals surface area contributed by atoms with Crippen LogP contribution in [0.25, 0.3) is 11.3 Å². The molecule has 0 radical (unpaired) electrons. The Morgan fingerprint density at radius 3 is 2.88 bits per heavy atom. The van der Waals surface area contributed by atoms with Gasteiger partial charge in [-0.1, -0.05) is 41.9 Å². The van der Waals surface area contributed by atoms with Crippen LogP contribution in [-0.4, -0.2) is 39.6 Å². The molecule has 0 aliphatic carbocycles. The lowest BCUT2D eigenvalue weighted by atomic mass is 10.2. The highest BCUT2D eigenvalue weighted by Crippen LogP contribution is 2.26. The molecule has 7 nitrogen and oxygen atoms in total. The molecule has 1 fully saturated rings. The number of morpholine rings is 1. The number of ether oxygens (including phenoxy) is 1. The van der Waals surface area contributed by atoms with Crippen LogP contribution < -0.4 is 10.6 Å². The van der Waals surface area contributed by atoms with Crippen molar-refractivity contribution in [2.24, 2.45) is 0 Å². The number of aromatic amines is 1. The number of rotatable bonds is 3. The number of benzene rings is 1. The van der Waals surface area contributed by atoms with Gasteiger partial charge in [-0.25, -0.2) is 9.97 Å². The predicted molar refractivity (Wildman–Crippen MR) is 96.4 cm³/mol. The molecule has 4 rings (SSSR count). The molecule has 128 valence electrons. The standard InChI is InChI=1S/C17H17ClN6O/c18-14-8-15(23-17(19)22-14)24-6-7-25-13(10-24)16-20-9-12(21-16)11-4-2-1-3-5-11/h1-5,8-9,13H,6-7,10H2,(H,20,21)(H2,19,22,23). The summed E-state index contributed by atoms with van der Waals surface area (Å²) in [5.74, 6) is 1.65. The van der Waals surface area contributed by atoms with Crippen molar-refractivity contribution in [2.75, 3.05) is 30.3 Å². The van der Waals surface area contributed by atoms with Gasteiger partial charge in [0.05, 0.1) is 25.0 Å². The van der Waals surface area contributed by atoms with Crippen LogP contribution >= 0.6 is 11.6 Å². The number of imidazole rings is 1. The Bertz CT molecular complexity index is 848. The maximum Gasteiger partial charge on any atom is 0.223 e. The van der Waals surface area contributed by atoms with Gasteiger partial charge in [0.2, 0.25) is 5.95 Å². The Balaban J connectivity index is 1.54. The fourth-order valence-corrected chi connectivity index (χ4v) is 3.06. The van der Waals surface area contributed by atoms with Gasteiger partial charge >= 0.3 is 0 Å². The quantitative estimate of drug-likeness (QED) is 0.701. The molecule has 3 aromatic rings. The zero-order valence-corrected chi connectivity index (χ0v) is 14.1. The summed E-state index contributed by atoms with van der Waals surface area (Å²) in [6.45, 7) is 1.87. The van der Waals surface area contributed by atoms with Crippen molar-refractivity contribution in [2.45, 2.75) is 6.10 Å². The van der Waals surface area contributed by atoms with Crippen LogP contribution in [0.4, 0.5) is 11.8 Å². The highest BCUT2D eigenvalue weighted by atomic mass is 35.5. The van der Waals surface area contributed by atoms with Crippen LogP contribution in [0.1, 0.15) is 11.9 Å². The third kappa shape index (κ3) is 3.42. The van der Waals surface area contributed by atoms with E-state index in [2.05, 4.69) is 24.8 Å². The lowest BCUT2D eigenvalue weighted by Crippen LogP contribution is -2.39. The summed E-state index contributed by atoms with van der Waals surface area (Å²) in [6, 6.07) is 11.8. The maximum atomic E-state index is 5.99. The fraction of sp³-hybridized carbons (Fsp3) is 0.235. The van der Waals surface area contributed by atoms with E-state index < -0.39 is 0 Å². The molecule has 0 bridgehead atoms. The van der Waals surface area contributed by atoms with Crippen LogP contribution in [0.3, 0.4) is 0 Å². The number of H-pyrrole nitrogens is 1. The molecule has 1 aliphatic heterocycles. The van der Waals surface area contributed by atoms with Gasteiger partial charge in [-0.15, -0.1) is 0 Å². The van der Waals surface area contributed by atoms with E-state index in [0.29, 0.717) is 30.7 Å². The molecule has 1 atom stereocenters. The molecule has 1 unspecified atom stereocenters. The van der Waals surface area contributed by atoms with Crippen LogP contribution in [0, 0.1) is 0 Å². The Morgan fingerprint density at radius 2 is 2.08 bits per heavy atom. The summed E-state index contributed by atoms with van der Waals surface area (Å²) in [4.78, 5) is 18.1. The number of hydrogen-bond acceptors (Lipinski definition) is 6. The topological polar surface area (TPSA) is 93.0 Å². The number of nitrogen functional groups attached to an aromatic ring is 1. The molecule has 0 spiro atoms. The summed E-state index contributed by atoms with van der Waals surface area (Å²) < 4.78 is 5.88. The first-order valence-corrected chi connectivity index (χ1v) is 8.34. The SMILES string of the molecule is Nc1nc(Cl)cc(N2CCOC(c3ncc(-c4ccccc4)[nH]3)C2)n1. The molecule has 3 N–H and O–H groups in total. The third-order valence-electron chi connectivity index (χ3n) is 4.07. The van der Waals surface area contributed by atoms with E-state index >= 15 is 0 Å². The Kier molecular flexibility index (Phi) is 4.25. The minimum atomic E-state index is -0.179. The second-order valence-corrected chi connectivity index (χ2v) is 6.15. The van der Waals surface area contributed by atoms with Crippen LogP contribution in [-0.2, 0) is 4.74 Å². The zero-order chi connectivity index (χ0) is 17.2. The number of hydrogen-bond donors (Lipinski definition) is 2. The minimum absolute atomic E-state index is 0.162. The molecule has 1 aliphatic rings. The molecule has 0 amide bonds. The minimum Gasteiger partial charge on any atom is -0.368 e. The first-order chi connectivity index (χ1) is 12.2. The number of halogens is 1. The van der Waals surface area contributed by atoms with Crippen molar-refractivity contribution in [3.05, 3.63) is 53.6 Å². The smallest absolute Gasteiger partial charge is 0.223 e. The van der Waals surface area contributed by atoms with Gasteiger partial charge in [0.25, 0.3) is 0 Å². The number of nitrogens with one attached hydrogen (secondary N) is 1. The van der Waals surface area contributed by atoms with E-state index in [0.717, 1.165) is 17.1 Å². The largest absolute Gasteiger partial charge is 0.368 e. The summed E-state index contributed by atoms with van der Waals surface area (Å²) >= 11 is 5.99. The molecular weight excluding hydrogens is 340 g/mol. The van der Waals surface area contributed by atoms with Crippen molar-refractivity contribution < 1.29 is 4.74 Å². The van der Waals surface area contributed by atoms with Crippen molar-refractivity contribution in [3.63, 3.8) is 0 Å². The maximum absolute atomic E-state index is 5.99. The average Bonchev–Trinajstić information content (AvgIpc) is 3.12. The van der Waals surface area contributed by atoms with Crippen molar-refractivity contribution >= 4 is 23.4 Å². The lowest BCUT2D eigenvalue weighted by Gasteiger charge is -2.32. The summed E-state index contributed by atoms with van der Waals surface area (Å²) in [6.07, 6.45) is 1.65. The van der Waals surface area contributed by atoms with Crippen LogP contribution in [0.5, 0.6) is 0 Å². The van der Waals surface area contributed by atoms with E-state index in [1.807, 2.05) is 36.5 Å². The number of aromatic nitrogens is 4. The predicted octanol–water partition coefficient (Wildman–Crippen LogP) is 2.68. The molecule has 3 heterocycles. The monoisotopic (exact) mass is 356 g/mol. The van der Waals surface area contributed by atoms with Crippen molar-refractivity contribution in [3.8, 4) is 11.3 Å². The molecular formula is C17H17ClN6O. The number of anilines is 2. The first kappa shape index (κ1) is 15.9. The Labute approximate surface area is 149 Å². The molecule has 0 saturated carbocycles. The van der Waals surface area contributed by atoms with Crippen molar-refractivity contribution in [1.82, 2.24) is 19.9 Å². The average molecular weight is 357 g/mol. The summed E-state index contributed by atoms with van der Waals surface area (Å²) in [5, 5.41) is 0.329. The van der Waals surface area contributed by atoms with Gasteiger partial charge in [-0.05, 0) is 5.56 Å². The second kappa shape index (κ2) is 6.70. The van der Waals surface area contributed by atoms with Crippen LogP contribution in [0.2, 0.25) is 5.15 Å². The second-order valence-electron chi connectivity index (χ2n) is 5.76. The van der Waals surface area contributed by atoms with Gasteiger partial charge in [-0.3, -0.25) is 0 Å². The van der Waals surface area contributed by atoms with E-state index in [1.165, 1.54) is 0 Å². The van der Waals surface area contributed by atoms with Gasteiger partial charge < -0.3 is 20.4 Å². The van der Waals surface area contributed by atoms with Gasteiger partial charge in [0.15, 0.2) is 0 Å². The van der Waals surface area contributed by atoms with Crippen molar-refractivity contribution in [1.29, 1.82) is 0 Å². The molecule has 2 aromatic heterocycles. The molecule has 25 heavy (non-hydrogen) atoms. The van der Waals surface area contributed by atoms with E-state index in [4.69, 9.17) is 22.1 Å². The van der Waals surface area contributed by atoms with Crippen LogP contribution in [0.15, 0.2) is 42.6 Å². The molecule has 8 heteroatoms. The Morgan fingerprint density at radius 1 is 1.24 bits per heavy atom. The normalized spacial score (nSPS) is 17.6. The summed E-state index contributed by atoms with van der Waals surface area (Å²) in [7, 11) is 0. The fourth-order valence-electron chi connectivity index (χ4n) is 2.87. The van der Waals surface area contributed by atoms with E-state index in [-0.39, 0.29) is 12.1 Å². The summed E-state index contributed by atoms with van der Waals surface area (Å²) in [5.41, 5.74) is 7.75. The van der Waals surface area contributed by atoms with Gasteiger partial charge in [-0.2, -0.15) is 4.98 Å². The molecule has 1 saturated heterocycles. The van der Waals surface area contributed by atoms with E-state index in [1.54, 1.807) is 6.07 Å². The third-order valence-corrected chi connectivity index (χ3v) is 4.27.